The Morgan fingerprint density at radius 3 is 2.50 bits per heavy atom. The Kier molecular flexibility index (Phi) is 4.25. The van der Waals surface area contributed by atoms with E-state index in [4.69, 9.17) is 15.6 Å². The van der Waals surface area contributed by atoms with E-state index in [0.29, 0.717) is 11.4 Å². The summed E-state index contributed by atoms with van der Waals surface area (Å²) in [4.78, 5) is 11.2. The molecule has 3 N–H and O–H groups in total. The number of para-hydroxylation sites is 1. The molecule has 0 aliphatic rings. The molecule has 0 saturated carbocycles. The molecule has 0 heterocycles. The number of rotatable bonds is 5. The second kappa shape index (κ2) is 6.10. The summed E-state index contributed by atoms with van der Waals surface area (Å²) in [6.45, 7) is 2.12. The quantitative estimate of drug-likeness (QED) is 0.813. The molecule has 2 aromatic carbocycles. The normalized spacial score (nSPS) is 10.2. The zero-order valence-corrected chi connectivity index (χ0v) is 11.3. The lowest BCUT2D eigenvalue weighted by Gasteiger charge is -2.11. The van der Waals surface area contributed by atoms with Crippen LogP contribution in [0.1, 0.15) is 29.3 Å². The van der Waals surface area contributed by atoms with Crippen molar-refractivity contribution in [3.63, 3.8) is 0 Å². The first-order chi connectivity index (χ1) is 9.61. The van der Waals surface area contributed by atoms with Crippen LogP contribution < -0.4 is 10.5 Å². The number of aryl methyl sites for hydroxylation is 1. The van der Waals surface area contributed by atoms with E-state index in [1.54, 1.807) is 12.1 Å². The lowest BCUT2D eigenvalue weighted by Crippen LogP contribution is -2.02. The average molecular weight is 271 g/mol. The van der Waals surface area contributed by atoms with Crippen LogP contribution in [0.4, 0.5) is 5.69 Å². The maximum Gasteiger partial charge on any atom is 0.339 e. The van der Waals surface area contributed by atoms with E-state index in [2.05, 4.69) is 6.92 Å². The largest absolute Gasteiger partial charge is 0.478 e. The molecular weight excluding hydrogens is 254 g/mol. The summed E-state index contributed by atoms with van der Waals surface area (Å²) in [6.07, 6.45) is 2.09. The molecule has 0 aromatic heterocycles. The third-order valence-electron chi connectivity index (χ3n) is 2.96. The topological polar surface area (TPSA) is 72.5 Å². The van der Waals surface area contributed by atoms with Crippen molar-refractivity contribution >= 4 is 11.7 Å². The van der Waals surface area contributed by atoms with Crippen molar-refractivity contribution in [2.45, 2.75) is 19.8 Å². The minimum Gasteiger partial charge on any atom is -0.478 e. The first-order valence-electron chi connectivity index (χ1n) is 6.50. The zero-order chi connectivity index (χ0) is 14.5. The highest BCUT2D eigenvalue weighted by Crippen LogP contribution is 2.31. The minimum absolute atomic E-state index is 0.0580. The molecule has 2 aromatic rings. The molecule has 0 aliphatic carbocycles. The molecular formula is C16H17NO3. The van der Waals surface area contributed by atoms with Gasteiger partial charge in [0.1, 0.15) is 11.3 Å². The van der Waals surface area contributed by atoms with Gasteiger partial charge in [-0.15, -0.1) is 0 Å². The van der Waals surface area contributed by atoms with E-state index >= 15 is 0 Å². The van der Waals surface area contributed by atoms with Crippen molar-refractivity contribution in [3.8, 4) is 11.5 Å². The van der Waals surface area contributed by atoms with Gasteiger partial charge in [-0.3, -0.25) is 0 Å². The van der Waals surface area contributed by atoms with Crippen LogP contribution >= 0.6 is 0 Å². The number of carbonyl (C=O) groups is 1. The van der Waals surface area contributed by atoms with Crippen molar-refractivity contribution in [1.29, 1.82) is 0 Å². The first-order valence-corrected chi connectivity index (χ1v) is 6.50. The number of aromatic carboxylic acids is 1. The number of benzene rings is 2. The van der Waals surface area contributed by atoms with Gasteiger partial charge in [0, 0.05) is 0 Å². The van der Waals surface area contributed by atoms with E-state index in [0.717, 1.165) is 12.8 Å². The number of nitrogen functional groups attached to an aromatic ring is 1. The molecule has 0 fully saturated rings. The molecule has 2 rings (SSSR count). The molecule has 0 atom stereocenters. The molecule has 0 saturated heterocycles. The highest BCUT2D eigenvalue weighted by Gasteiger charge is 2.14. The van der Waals surface area contributed by atoms with E-state index in [9.17, 15) is 4.79 Å². The lowest BCUT2D eigenvalue weighted by molar-refractivity contribution is 0.0694. The number of hydrogen-bond donors (Lipinski definition) is 2. The van der Waals surface area contributed by atoms with Gasteiger partial charge in [0.15, 0.2) is 5.75 Å². The van der Waals surface area contributed by atoms with Crippen LogP contribution in [0.15, 0.2) is 42.5 Å². The van der Waals surface area contributed by atoms with Crippen LogP contribution in [0, 0.1) is 0 Å². The summed E-state index contributed by atoms with van der Waals surface area (Å²) < 4.78 is 5.63. The summed E-state index contributed by atoms with van der Waals surface area (Å²) >= 11 is 0. The van der Waals surface area contributed by atoms with Gasteiger partial charge in [-0.1, -0.05) is 31.5 Å². The van der Waals surface area contributed by atoms with Gasteiger partial charge < -0.3 is 15.6 Å². The summed E-state index contributed by atoms with van der Waals surface area (Å²) in [5.74, 6) is -0.302. The molecule has 4 heteroatoms. The van der Waals surface area contributed by atoms with E-state index in [1.165, 1.54) is 11.6 Å². The number of anilines is 1. The molecule has 4 nitrogen and oxygen atoms in total. The Bertz CT molecular complexity index is 606. The highest BCUT2D eigenvalue weighted by molar-refractivity contribution is 5.93. The maximum atomic E-state index is 11.2. The molecule has 0 bridgehead atoms. The van der Waals surface area contributed by atoms with Gasteiger partial charge in [0.2, 0.25) is 0 Å². The minimum atomic E-state index is -1.06. The molecule has 0 unspecified atom stereocenters. The number of ether oxygens (including phenoxy) is 1. The van der Waals surface area contributed by atoms with Crippen LogP contribution in [-0.4, -0.2) is 11.1 Å². The number of nitrogens with two attached hydrogens (primary N) is 1. The molecule has 20 heavy (non-hydrogen) atoms. The summed E-state index contributed by atoms with van der Waals surface area (Å²) in [5, 5.41) is 9.15. The maximum absolute atomic E-state index is 11.2. The van der Waals surface area contributed by atoms with Gasteiger partial charge in [-0.05, 0) is 36.2 Å². The lowest BCUT2D eigenvalue weighted by atomic mass is 10.1. The third-order valence-corrected chi connectivity index (χ3v) is 2.96. The second-order valence-corrected chi connectivity index (χ2v) is 4.53. The average Bonchev–Trinajstić information content (AvgIpc) is 2.43. The fourth-order valence-corrected chi connectivity index (χ4v) is 1.97. The predicted molar refractivity (Wildman–Crippen MR) is 78.3 cm³/mol. The SMILES string of the molecule is CCCc1ccc(Oc2c(N)cccc2C(=O)O)cc1. The molecule has 0 aliphatic heterocycles. The molecule has 104 valence electrons. The first kappa shape index (κ1) is 13.9. The van der Waals surface area contributed by atoms with Gasteiger partial charge in [0.05, 0.1) is 5.69 Å². The van der Waals surface area contributed by atoms with E-state index < -0.39 is 5.97 Å². The van der Waals surface area contributed by atoms with Crippen LogP contribution in [-0.2, 0) is 6.42 Å². The Morgan fingerprint density at radius 2 is 1.90 bits per heavy atom. The Morgan fingerprint density at radius 1 is 1.20 bits per heavy atom. The van der Waals surface area contributed by atoms with Crippen LogP contribution in [0.25, 0.3) is 0 Å². The summed E-state index contributed by atoms with van der Waals surface area (Å²) in [6, 6.07) is 12.3. The van der Waals surface area contributed by atoms with Crippen molar-refractivity contribution in [3.05, 3.63) is 53.6 Å². The van der Waals surface area contributed by atoms with Gasteiger partial charge >= 0.3 is 5.97 Å². The third kappa shape index (κ3) is 3.09. The summed E-state index contributed by atoms with van der Waals surface area (Å²) in [5.41, 5.74) is 7.38. The van der Waals surface area contributed by atoms with Crippen molar-refractivity contribution in [2.24, 2.45) is 0 Å². The monoisotopic (exact) mass is 271 g/mol. The Balaban J connectivity index is 2.27. The van der Waals surface area contributed by atoms with Crippen LogP contribution in [0.5, 0.6) is 11.5 Å². The molecule has 0 radical (unpaired) electrons. The predicted octanol–water partition coefficient (Wildman–Crippen LogP) is 3.71. The fraction of sp³-hybridized carbons (Fsp3) is 0.188. The zero-order valence-electron chi connectivity index (χ0n) is 11.3. The van der Waals surface area contributed by atoms with Crippen molar-refractivity contribution < 1.29 is 14.6 Å². The van der Waals surface area contributed by atoms with Crippen molar-refractivity contribution in [2.75, 3.05) is 5.73 Å². The highest BCUT2D eigenvalue weighted by atomic mass is 16.5. The fourth-order valence-electron chi connectivity index (χ4n) is 1.97. The van der Waals surface area contributed by atoms with Crippen LogP contribution in [0.3, 0.4) is 0 Å². The van der Waals surface area contributed by atoms with Crippen molar-refractivity contribution in [1.82, 2.24) is 0 Å². The molecule has 0 spiro atoms. The summed E-state index contributed by atoms with van der Waals surface area (Å²) in [7, 11) is 0. The van der Waals surface area contributed by atoms with Gasteiger partial charge in [0.25, 0.3) is 0 Å². The van der Waals surface area contributed by atoms with E-state index in [-0.39, 0.29) is 11.3 Å². The Labute approximate surface area is 117 Å². The number of carboxylic acid groups (broad SMARTS) is 1. The van der Waals surface area contributed by atoms with Gasteiger partial charge in [-0.2, -0.15) is 0 Å². The smallest absolute Gasteiger partial charge is 0.339 e. The number of hydrogen-bond acceptors (Lipinski definition) is 3. The second-order valence-electron chi connectivity index (χ2n) is 4.53. The van der Waals surface area contributed by atoms with Gasteiger partial charge in [-0.25, -0.2) is 4.79 Å². The van der Waals surface area contributed by atoms with Crippen LogP contribution in [0.2, 0.25) is 0 Å². The Hall–Kier alpha value is -2.49. The standard InChI is InChI=1S/C16H17NO3/c1-2-4-11-7-9-12(10-8-11)20-15-13(16(18)19)5-3-6-14(15)17/h3,5-10H,2,4,17H2,1H3,(H,18,19). The molecule has 0 amide bonds. The number of carboxylic acids is 1. The van der Waals surface area contributed by atoms with E-state index in [1.807, 2.05) is 24.3 Å².